The Balaban J connectivity index is 1.57. The van der Waals surface area contributed by atoms with Crippen LogP contribution in [0, 0.1) is 31.1 Å². The van der Waals surface area contributed by atoms with Gasteiger partial charge >= 0.3 is 0 Å². The number of nitrogen functional groups attached to an aromatic ring is 1. The molecule has 1 atom stereocenters. The maximum atomic E-state index is 9.78. The van der Waals surface area contributed by atoms with Crippen molar-refractivity contribution in [3.63, 3.8) is 0 Å². The normalized spacial score (nSPS) is 16.4. The lowest BCUT2D eigenvalue weighted by Gasteiger charge is -2.15. The molecule has 3 aromatic carbocycles. The Hall–Kier alpha value is -3.62. The summed E-state index contributed by atoms with van der Waals surface area (Å²) in [7, 11) is 0. The molecule has 1 fully saturated rings. The highest BCUT2D eigenvalue weighted by Crippen LogP contribution is 2.36. The van der Waals surface area contributed by atoms with E-state index in [4.69, 9.17) is 15.1 Å². The van der Waals surface area contributed by atoms with Gasteiger partial charge in [-0.05, 0) is 84.8 Å². The van der Waals surface area contributed by atoms with E-state index in [1.807, 2.05) is 37.3 Å². The third kappa shape index (κ3) is 3.88. The van der Waals surface area contributed by atoms with E-state index in [2.05, 4.69) is 43.0 Å². The molecule has 1 aliphatic rings. The highest BCUT2D eigenvalue weighted by Gasteiger charge is 2.21. The number of anilines is 1. The lowest BCUT2D eigenvalue weighted by molar-refractivity contribution is 0.320. The Kier molecular flexibility index (Phi) is 5.39. The van der Waals surface area contributed by atoms with Crippen LogP contribution in [0.4, 0.5) is 5.69 Å². The summed E-state index contributed by atoms with van der Waals surface area (Å²) in [4.78, 5) is 7.26. The number of nitrogens with zero attached hydrogens (tertiary/aromatic N) is 3. The number of oxazole rings is 1. The van der Waals surface area contributed by atoms with Crippen molar-refractivity contribution in [1.29, 1.82) is 5.26 Å². The molecule has 2 N–H and O–H groups in total. The zero-order chi connectivity index (χ0) is 23.1. The van der Waals surface area contributed by atoms with Crippen molar-refractivity contribution in [1.82, 2.24) is 9.88 Å². The largest absolute Gasteiger partial charge is 0.435 e. The van der Waals surface area contributed by atoms with Crippen molar-refractivity contribution < 1.29 is 4.42 Å². The summed E-state index contributed by atoms with van der Waals surface area (Å²) in [6, 6.07) is 18.4. The second-order valence-electron chi connectivity index (χ2n) is 9.25. The Bertz CT molecular complexity index is 1400. The van der Waals surface area contributed by atoms with E-state index in [9.17, 15) is 5.26 Å². The Morgan fingerprint density at radius 3 is 2.55 bits per heavy atom. The molecule has 2 heterocycles. The number of benzene rings is 3. The Morgan fingerprint density at radius 1 is 1.09 bits per heavy atom. The summed E-state index contributed by atoms with van der Waals surface area (Å²) in [6.45, 7) is 9.43. The van der Waals surface area contributed by atoms with Gasteiger partial charge in [-0.15, -0.1) is 0 Å². The molecule has 0 spiro atoms. The van der Waals surface area contributed by atoms with Crippen molar-refractivity contribution in [2.24, 2.45) is 5.92 Å². The molecular weight excluding hydrogens is 408 g/mol. The standard InChI is InChI=1S/C28H28N4O/c1-17-10-11-32(15-17)16-20-12-21(14-29)27-26(13-20)31-28(33-27)24-8-4-6-22(18(24)2)23-7-5-9-25(30)19(23)3/h4-9,12-13,17H,10-11,15-16,30H2,1-3H3/t17-/m1/s1. The fourth-order valence-corrected chi connectivity index (χ4v) is 4.91. The first kappa shape index (κ1) is 21.2. The number of likely N-dealkylation sites (tertiary alicyclic amines) is 1. The van der Waals surface area contributed by atoms with Crippen LogP contribution in [-0.4, -0.2) is 23.0 Å². The molecule has 166 valence electrons. The summed E-state index contributed by atoms with van der Waals surface area (Å²) in [6.07, 6.45) is 1.23. The molecule has 33 heavy (non-hydrogen) atoms. The first-order valence-electron chi connectivity index (χ1n) is 11.5. The van der Waals surface area contributed by atoms with Crippen molar-refractivity contribution in [2.75, 3.05) is 18.8 Å². The molecule has 5 rings (SSSR count). The Morgan fingerprint density at radius 2 is 1.82 bits per heavy atom. The third-order valence-electron chi connectivity index (χ3n) is 6.81. The average molecular weight is 437 g/mol. The minimum Gasteiger partial charge on any atom is -0.435 e. The molecule has 0 saturated carbocycles. The van der Waals surface area contributed by atoms with Crippen LogP contribution in [0.5, 0.6) is 0 Å². The SMILES string of the molecule is Cc1c(N)cccc1-c1cccc(-c2nc3cc(CN4CC[C@@H](C)C4)cc(C#N)c3o2)c1C. The quantitative estimate of drug-likeness (QED) is 0.393. The maximum absolute atomic E-state index is 9.78. The van der Waals surface area contributed by atoms with E-state index in [0.717, 1.165) is 70.1 Å². The highest BCUT2D eigenvalue weighted by molar-refractivity contribution is 5.85. The van der Waals surface area contributed by atoms with Crippen LogP contribution >= 0.6 is 0 Å². The topological polar surface area (TPSA) is 79.1 Å². The van der Waals surface area contributed by atoms with E-state index < -0.39 is 0 Å². The van der Waals surface area contributed by atoms with Crippen LogP contribution in [0.2, 0.25) is 0 Å². The van der Waals surface area contributed by atoms with Gasteiger partial charge in [0.1, 0.15) is 11.6 Å². The number of rotatable bonds is 4. The smallest absolute Gasteiger partial charge is 0.227 e. The van der Waals surface area contributed by atoms with E-state index >= 15 is 0 Å². The predicted molar refractivity (Wildman–Crippen MR) is 133 cm³/mol. The van der Waals surface area contributed by atoms with Crippen LogP contribution in [0.25, 0.3) is 33.7 Å². The lowest BCUT2D eigenvalue weighted by atomic mass is 9.93. The van der Waals surface area contributed by atoms with Gasteiger partial charge in [-0.3, -0.25) is 4.90 Å². The van der Waals surface area contributed by atoms with Gasteiger partial charge in [-0.25, -0.2) is 4.98 Å². The van der Waals surface area contributed by atoms with Gasteiger partial charge in [0.15, 0.2) is 5.58 Å². The molecule has 0 aliphatic carbocycles. The number of aromatic nitrogens is 1. The molecule has 0 unspecified atom stereocenters. The fraction of sp³-hybridized carbons (Fsp3) is 0.286. The second-order valence-corrected chi connectivity index (χ2v) is 9.25. The summed E-state index contributed by atoms with van der Waals surface area (Å²) in [5.74, 6) is 1.26. The molecule has 0 radical (unpaired) electrons. The maximum Gasteiger partial charge on any atom is 0.227 e. The van der Waals surface area contributed by atoms with E-state index in [1.165, 1.54) is 6.42 Å². The first-order valence-corrected chi connectivity index (χ1v) is 11.5. The van der Waals surface area contributed by atoms with Gasteiger partial charge < -0.3 is 10.2 Å². The summed E-state index contributed by atoms with van der Waals surface area (Å²) in [5.41, 5.74) is 15.1. The number of fused-ring (bicyclic) bond motifs is 1. The molecule has 0 bridgehead atoms. The van der Waals surface area contributed by atoms with E-state index in [-0.39, 0.29) is 0 Å². The molecule has 1 aliphatic heterocycles. The lowest BCUT2D eigenvalue weighted by Crippen LogP contribution is -2.19. The number of hydrogen-bond donors (Lipinski definition) is 1. The molecule has 1 aromatic heterocycles. The van der Waals surface area contributed by atoms with Crippen LogP contribution in [0.15, 0.2) is 52.9 Å². The van der Waals surface area contributed by atoms with Gasteiger partial charge in [-0.2, -0.15) is 5.26 Å². The average Bonchev–Trinajstić information content (AvgIpc) is 3.41. The monoisotopic (exact) mass is 436 g/mol. The Labute approximate surface area is 194 Å². The molecule has 5 heteroatoms. The van der Waals surface area contributed by atoms with Gasteiger partial charge in [0.25, 0.3) is 0 Å². The van der Waals surface area contributed by atoms with Crippen molar-refractivity contribution in [2.45, 2.75) is 33.7 Å². The summed E-state index contributed by atoms with van der Waals surface area (Å²) in [5, 5.41) is 9.78. The number of hydrogen-bond acceptors (Lipinski definition) is 5. The van der Waals surface area contributed by atoms with Gasteiger partial charge in [0.05, 0.1) is 5.56 Å². The van der Waals surface area contributed by atoms with Crippen molar-refractivity contribution in [3.8, 4) is 28.7 Å². The third-order valence-corrected chi connectivity index (χ3v) is 6.81. The predicted octanol–water partition coefficient (Wildman–Crippen LogP) is 6.07. The van der Waals surface area contributed by atoms with E-state index in [0.29, 0.717) is 17.0 Å². The number of nitrogens with two attached hydrogens (primary N) is 1. The fourth-order valence-electron chi connectivity index (χ4n) is 4.91. The molecular formula is C28H28N4O. The van der Waals surface area contributed by atoms with Gasteiger partial charge in [-0.1, -0.05) is 31.2 Å². The molecule has 1 saturated heterocycles. The van der Waals surface area contributed by atoms with E-state index in [1.54, 1.807) is 0 Å². The molecule has 5 nitrogen and oxygen atoms in total. The number of nitriles is 1. The van der Waals surface area contributed by atoms with Crippen molar-refractivity contribution in [3.05, 3.63) is 70.8 Å². The van der Waals surface area contributed by atoms with Crippen LogP contribution < -0.4 is 5.73 Å². The summed E-state index contributed by atoms with van der Waals surface area (Å²) >= 11 is 0. The van der Waals surface area contributed by atoms with Gasteiger partial charge in [0, 0.05) is 24.3 Å². The van der Waals surface area contributed by atoms with Crippen LogP contribution in [-0.2, 0) is 6.54 Å². The molecule has 4 aromatic rings. The van der Waals surface area contributed by atoms with Crippen LogP contribution in [0.3, 0.4) is 0 Å². The molecule has 0 amide bonds. The summed E-state index contributed by atoms with van der Waals surface area (Å²) < 4.78 is 6.17. The van der Waals surface area contributed by atoms with Gasteiger partial charge in [0.2, 0.25) is 5.89 Å². The highest BCUT2D eigenvalue weighted by atomic mass is 16.3. The minimum absolute atomic E-state index is 0.536. The van der Waals surface area contributed by atoms with Crippen LogP contribution in [0.1, 0.15) is 35.6 Å². The second kappa shape index (κ2) is 8.38. The van der Waals surface area contributed by atoms with Crippen molar-refractivity contribution >= 4 is 16.8 Å². The zero-order valence-corrected chi connectivity index (χ0v) is 19.4. The minimum atomic E-state index is 0.536. The zero-order valence-electron chi connectivity index (χ0n) is 19.4. The first-order chi connectivity index (χ1) is 15.9.